The Morgan fingerprint density at radius 2 is 2.25 bits per heavy atom. The van der Waals surface area contributed by atoms with Crippen molar-refractivity contribution in [2.45, 2.75) is 39.0 Å². The highest BCUT2D eigenvalue weighted by Gasteiger charge is 2.29. The second-order valence-electron chi connectivity index (χ2n) is 5.06. The molecule has 5 nitrogen and oxygen atoms in total. The molecule has 1 heterocycles. The van der Waals surface area contributed by atoms with Crippen LogP contribution in [0.3, 0.4) is 0 Å². The summed E-state index contributed by atoms with van der Waals surface area (Å²) in [6.07, 6.45) is 2.63. The Morgan fingerprint density at radius 1 is 1.50 bits per heavy atom. The van der Waals surface area contributed by atoms with Crippen LogP contribution in [0, 0.1) is 0 Å². The first kappa shape index (κ1) is 15.3. The van der Waals surface area contributed by atoms with Gasteiger partial charge in [0.25, 0.3) is 0 Å². The fourth-order valence-electron chi connectivity index (χ4n) is 2.60. The molecule has 0 amide bonds. The minimum Gasteiger partial charge on any atom is -0.481 e. The third-order valence-electron chi connectivity index (χ3n) is 3.85. The quantitative estimate of drug-likeness (QED) is 0.809. The van der Waals surface area contributed by atoms with Gasteiger partial charge in [0, 0.05) is 18.0 Å². The molecular formula is C14H23N3O2S. The SMILES string of the molecule is CCN(CC)CCNc1nc2c(s1)CCCC2C(=O)O. The molecular weight excluding hydrogens is 274 g/mol. The van der Waals surface area contributed by atoms with E-state index in [1.807, 2.05) is 0 Å². The van der Waals surface area contributed by atoms with Crippen molar-refractivity contribution < 1.29 is 9.90 Å². The Labute approximate surface area is 124 Å². The zero-order valence-electron chi connectivity index (χ0n) is 12.2. The zero-order chi connectivity index (χ0) is 14.5. The van der Waals surface area contributed by atoms with Gasteiger partial charge >= 0.3 is 5.97 Å². The molecule has 0 saturated heterocycles. The minimum absolute atomic E-state index is 0.409. The lowest BCUT2D eigenvalue weighted by Crippen LogP contribution is -2.28. The molecule has 1 aliphatic carbocycles. The van der Waals surface area contributed by atoms with Crippen molar-refractivity contribution >= 4 is 22.4 Å². The molecule has 0 radical (unpaired) electrons. The highest BCUT2D eigenvalue weighted by atomic mass is 32.1. The largest absolute Gasteiger partial charge is 0.481 e. The van der Waals surface area contributed by atoms with Gasteiger partial charge in [-0.1, -0.05) is 13.8 Å². The number of anilines is 1. The van der Waals surface area contributed by atoms with Gasteiger partial charge in [-0.25, -0.2) is 4.98 Å². The third-order valence-corrected chi connectivity index (χ3v) is 4.94. The summed E-state index contributed by atoms with van der Waals surface area (Å²) < 4.78 is 0. The lowest BCUT2D eigenvalue weighted by molar-refractivity contribution is -0.139. The van der Waals surface area contributed by atoms with Gasteiger partial charge in [-0.05, 0) is 32.4 Å². The predicted octanol–water partition coefficient (Wildman–Crippen LogP) is 2.40. The van der Waals surface area contributed by atoms with Crippen molar-refractivity contribution in [3.63, 3.8) is 0 Å². The Balaban J connectivity index is 1.96. The maximum absolute atomic E-state index is 11.2. The lowest BCUT2D eigenvalue weighted by atomic mass is 9.91. The maximum Gasteiger partial charge on any atom is 0.312 e. The zero-order valence-corrected chi connectivity index (χ0v) is 13.0. The van der Waals surface area contributed by atoms with Crippen LogP contribution >= 0.6 is 11.3 Å². The number of likely N-dealkylation sites (N-methyl/N-ethyl adjacent to an activating group) is 1. The van der Waals surface area contributed by atoms with Crippen molar-refractivity contribution in [1.82, 2.24) is 9.88 Å². The van der Waals surface area contributed by atoms with E-state index < -0.39 is 11.9 Å². The van der Waals surface area contributed by atoms with Crippen molar-refractivity contribution in [3.05, 3.63) is 10.6 Å². The molecule has 0 bridgehead atoms. The molecule has 1 aromatic heterocycles. The molecule has 0 saturated carbocycles. The summed E-state index contributed by atoms with van der Waals surface area (Å²) in [6.45, 7) is 8.25. The molecule has 20 heavy (non-hydrogen) atoms. The van der Waals surface area contributed by atoms with Gasteiger partial charge in [0.05, 0.1) is 5.69 Å². The van der Waals surface area contributed by atoms with Crippen LogP contribution in [0.5, 0.6) is 0 Å². The van der Waals surface area contributed by atoms with Crippen molar-refractivity contribution in [1.29, 1.82) is 0 Å². The summed E-state index contributed by atoms with van der Waals surface area (Å²) in [5.74, 6) is -1.15. The first-order chi connectivity index (χ1) is 9.65. The summed E-state index contributed by atoms with van der Waals surface area (Å²) in [7, 11) is 0. The van der Waals surface area contributed by atoms with E-state index in [4.69, 9.17) is 0 Å². The van der Waals surface area contributed by atoms with Gasteiger partial charge in [0.1, 0.15) is 5.92 Å². The van der Waals surface area contributed by atoms with Crippen LogP contribution in [0.25, 0.3) is 0 Å². The molecule has 0 fully saturated rings. The number of hydrogen-bond donors (Lipinski definition) is 2. The Kier molecular flexibility index (Phi) is 5.37. The van der Waals surface area contributed by atoms with Crippen LogP contribution in [0.1, 0.15) is 43.2 Å². The van der Waals surface area contributed by atoms with E-state index >= 15 is 0 Å². The van der Waals surface area contributed by atoms with Gasteiger partial charge in [0.2, 0.25) is 0 Å². The van der Waals surface area contributed by atoms with Gasteiger partial charge in [-0.3, -0.25) is 4.79 Å². The molecule has 0 aromatic carbocycles. The summed E-state index contributed by atoms with van der Waals surface area (Å²) >= 11 is 1.62. The van der Waals surface area contributed by atoms with E-state index in [9.17, 15) is 9.90 Å². The monoisotopic (exact) mass is 297 g/mol. The van der Waals surface area contributed by atoms with Crippen LogP contribution < -0.4 is 5.32 Å². The number of carboxylic acid groups (broad SMARTS) is 1. The van der Waals surface area contributed by atoms with Crippen molar-refractivity contribution in [3.8, 4) is 0 Å². The Morgan fingerprint density at radius 3 is 2.90 bits per heavy atom. The first-order valence-electron chi connectivity index (χ1n) is 7.34. The fourth-order valence-corrected chi connectivity index (χ4v) is 3.69. The smallest absolute Gasteiger partial charge is 0.312 e. The topological polar surface area (TPSA) is 65.5 Å². The minimum atomic E-state index is -0.744. The van der Waals surface area contributed by atoms with Crippen LogP contribution in [-0.2, 0) is 11.2 Å². The lowest BCUT2D eigenvalue weighted by Gasteiger charge is -2.17. The number of carboxylic acids is 1. The average Bonchev–Trinajstić information content (AvgIpc) is 2.85. The van der Waals surface area contributed by atoms with Gasteiger partial charge in [-0.2, -0.15) is 0 Å². The second-order valence-corrected chi connectivity index (χ2v) is 6.15. The highest BCUT2D eigenvalue weighted by molar-refractivity contribution is 7.15. The summed E-state index contributed by atoms with van der Waals surface area (Å²) in [6, 6.07) is 0. The summed E-state index contributed by atoms with van der Waals surface area (Å²) in [5, 5.41) is 13.4. The highest BCUT2D eigenvalue weighted by Crippen LogP contribution is 2.36. The number of nitrogens with zero attached hydrogens (tertiary/aromatic N) is 2. The standard InChI is InChI=1S/C14H23N3O2S/c1-3-17(4-2)9-8-15-14-16-12-10(13(18)19)6-5-7-11(12)20-14/h10H,3-9H2,1-2H3,(H,15,16)(H,18,19). The second kappa shape index (κ2) is 7.04. The van der Waals surface area contributed by atoms with E-state index in [0.717, 1.165) is 54.7 Å². The van der Waals surface area contributed by atoms with E-state index in [-0.39, 0.29) is 0 Å². The van der Waals surface area contributed by atoms with E-state index in [1.165, 1.54) is 0 Å². The number of aromatic nitrogens is 1. The third kappa shape index (κ3) is 3.49. The van der Waals surface area contributed by atoms with Gasteiger partial charge < -0.3 is 15.3 Å². The van der Waals surface area contributed by atoms with E-state index in [2.05, 4.69) is 29.0 Å². The van der Waals surface area contributed by atoms with Crippen LogP contribution in [-0.4, -0.2) is 47.1 Å². The van der Waals surface area contributed by atoms with Gasteiger partial charge in [0.15, 0.2) is 5.13 Å². The normalized spacial score (nSPS) is 18.1. The molecule has 2 N–H and O–H groups in total. The molecule has 112 valence electrons. The maximum atomic E-state index is 11.2. The predicted molar refractivity (Wildman–Crippen MR) is 81.7 cm³/mol. The molecule has 0 aliphatic heterocycles. The Bertz CT molecular complexity index is 457. The van der Waals surface area contributed by atoms with Crippen molar-refractivity contribution in [2.75, 3.05) is 31.5 Å². The van der Waals surface area contributed by atoms with E-state index in [0.29, 0.717) is 6.42 Å². The first-order valence-corrected chi connectivity index (χ1v) is 8.16. The number of carbonyl (C=O) groups is 1. The number of aryl methyl sites for hydroxylation is 1. The number of rotatable bonds is 7. The molecule has 1 aromatic rings. The molecule has 6 heteroatoms. The summed E-state index contributed by atoms with van der Waals surface area (Å²) in [4.78, 5) is 19.2. The molecule has 2 rings (SSSR count). The number of fused-ring (bicyclic) bond motifs is 1. The molecule has 0 spiro atoms. The molecule has 1 unspecified atom stereocenters. The number of nitrogens with one attached hydrogen (secondary N) is 1. The number of thiazole rings is 1. The molecule has 1 atom stereocenters. The summed E-state index contributed by atoms with van der Waals surface area (Å²) in [5.41, 5.74) is 0.791. The average molecular weight is 297 g/mol. The number of aliphatic carboxylic acids is 1. The number of hydrogen-bond acceptors (Lipinski definition) is 5. The van der Waals surface area contributed by atoms with Crippen molar-refractivity contribution in [2.24, 2.45) is 0 Å². The van der Waals surface area contributed by atoms with Crippen LogP contribution in [0.2, 0.25) is 0 Å². The van der Waals surface area contributed by atoms with Gasteiger partial charge in [-0.15, -0.1) is 11.3 Å². The van der Waals surface area contributed by atoms with Crippen LogP contribution in [0.15, 0.2) is 0 Å². The molecule has 1 aliphatic rings. The Hall–Kier alpha value is -1.14. The van der Waals surface area contributed by atoms with Crippen LogP contribution in [0.4, 0.5) is 5.13 Å². The fraction of sp³-hybridized carbons (Fsp3) is 0.714. The van der Waals surface area contributed by atoms with E-state index in [1.54, 1.807) is 11.3 Å².